The highest BCUT2D eigenvalue weighted by Crippen LogP contribution is 2.32. The molecule has 0 bridgehead atoms. The molecule has 1 heterocycles. The van der Waals surface area contributed by atoms with Crippen molar-refractivity contribution in [1.29, 1.82) is 0 Å². The molecule has 1 aromatic rings. The Hall–Kier alpha value is -1.06. The zero-order valence-electron chi connectivity index (χ0n) is 9.60. The van der Waals surface area contributed by atoms with Crippen molar-refractivity contribution in [2.24, 2.45) is 5.73 Å². The van der Waals surface area contributed by atoms with E-state index in [1.54, 1.807) is 6.07 Å². The van der Waals surface area contributed by atoms with Crippen molar-refractivity contribution in [3.63, 3.8) is 0 Å². The molecule has 1 saturated heterocycles. The monoisotopic (exact) mass is 220 g/mol. The normalized spacial score (nSPS) is 18.8. The van der Waals surface area contributed by atoms with E-state index < -0.39 is 0 Å². The molecule has 88 valence electrons. The van der Waals surface area contributed by atoms with E-state index in [2.05, 4.69) is 4.90 Å². The van der Waals surface area contributed by atoms with Gasteiger partial charge in [-0.2, -0.15) is 0 Å². The summed E-state index contributed by atoms with van der Waals surface area (Å²) in [5.74, 6) is 0.396. The summed E-state index contributed by atoms with van der Waals surface area (Å²) in [7, 11) is 0. The second-order valence-corrected chi connectivity index (χ2v) is 4.40. The van der Waals surface area contributed by atoms with E-state index in [9.17, 15) is 5.11 Å². The Morgan fingerprint density at radius 1 is 1.25 bits per heavy atom. The maximum Gasteiger partial charge on any atom is 0.120 e. The van der Waals surface area contributed by atoms with Crippen LogP contribution in [0.3, 0.4) is 0 Å². The van der Waals surface area contributed by atoms with Crippen molar-refractivity contribution < 1.29 is 5.11 Å². The van der Waals surface area contributed by atoms with Crippen molar-refractivity contribution in [2.75, 3.05) is 19.6 Å². The molecule has 0 aromatic heterocycles. The highest BCUT2D eigenvalue weighted by atomic mass is 16.3. The van der Waals surface area contributed by atoms with Crippen molar-refractivity contribution in [3.05, 3.63) is 29.8 Å². The van der Waals surface area contributed by atoms with Gasteiger partial charge in [0.15, 0.2) is 0 Å². The Labute approximate surface area is 96.9 Å². The Kier molecular flexibility index (Phi) is 3.80. The number of benzene rings is 1. The second kappa shape index (κ2) is 5.32. The number of phenols is 1. The summed E-state index contributed by atoms with van der Waals surface area (Å²) in [6.07, 6.45) is 3.43. The Morgan fingerprint density at radius 2 is 1.94 bits per heavy atom. The molecule has 1 atom stereocenters. The van der Waals surface area contributed by atoms with Crippen LogP contribution < -0.4 is 5.73 Å². The maximum absolute atomic E-state index is 9.90. The van der Waals surface area contributed by atoms with Crippen LogP contribution in [0.2, 0.25) is 0 Å². The molecular weight excluding hydrogens is 200 g/mol. The lowest BCUT2D eigenvalue weighted by Crippen LogP contribution is -2.27. The SMILES string of the molecule is NCCC(c1ccccc1O)N1CCCC1. The predicted molar refractivity (Wildman–Crippen MR) is 65.3 cm³/mol. The zero-order valence-corrected chi connectivity index (χ0v) is 9.60. The van der Waals surface area contributed by atoms with E-state index in [4.69, 9.17) is 5.73 Å². The molecule has 3 nitrogen and oxygen atoms in total. The summed E-state index contributed by atoms with van der Waals surface area (Å²) in [5, 5.41) is 9.90. The largest absolute Gasteiger partial charge is 0.508 e. The molecule has 3 heteroatoms. The van der Waals surface area contributed by atoms with Crippen molar-refractivity contribution in [2.45, 2.75) is 25.3 Å². The van der Waals surface area contributed by atoms with Gasteiger partial charge in [0.25, 0.3) is 0 Å². The van der Waals surface area contributed by atoms with Crippen LogP contribution in [-0.4, -0.2) is 29.6 Å². The Balaban J connectivity index is 2.21. The van der Waals surface area contributed by atoms with Gasteiger partial charge in [-0.3, -0.25) is 4.90 Å². The van der Waals surface area contributed by atoms with Crippen molar-refractivity contribution in [1.82, 2.24) is 4.90 Å². The number of aromatic hydroxyl groups is 1. The summed E-state index contributed by atoms with van der Waals surface area (Å²) in [5.41, 5.74) is 6.70. The minimum Gasteiger partial charge on any atom is -0.508 e. The summed E-state index contributed by atoms with van der Waals surface area (Å²) >= 11 is 0. The number of rotatable bonds is 4. The molecule has 3 N–H and O–H groups in total. The molecule has 0 amide bonds. The highest BCUT2D eigenvalue weighted by molar-refractivity contribution is 5.34. The van der Waals surface area contributed by atoms with Crippen LogP contribution in [0, 0.1) is 0 Å². The molecule has 1 aliphatic heterocycles. The first-order valence-electron chi connectivity index (χ1n) is 6.05. The molecule has 0 saturated carbocycles. The Morgan fingerprint density at radius 3 is 2.56 bits per heavy atom. The molecule has 0 spiro atoms. The lowest BCUT2D eigenvalue weighted by Gasteiger charge is -2.28. The minimum atomic E-state index is 0.286. The number of para-hydroxylation sites is 1. The van der Waals surface area contributed by atoms with Crippen LogP contribution in [0.15, 0.2) is 24.3 Å². The number of phenolic OH excluding ortho intramolecular Hbond substituents is 1. The minimum absolute atomic E-state index is 0.286. The van der Waals surface area contributed by atoms with E-state index in [0.29, 0.717) is 12.3 Å². The van der Waals surface area contributed by atoms with Gasteiger partial charge in [0.2, 0.25) is 0 Å². The van der Waals surface area contributed by atoms with Crippen molar-refractivity contribution >= 4 is 0 Å². The van der Waals surface area contributed by atoms with Crippen LogP contribution in [0.4, 0.5) is 0 Å². The number of nitrogens with zero attached hydrogens (tertiary/aromatic N) is 1. The van der Waals surface area contributed by atoms with E-state index in [0.717, 1.165) is 25.1 Å². The first-order chi connectivity index (χ1) is 7.83. The number of hydrogen-bond donors (Lipinski definition) is 2. The summed E-state index contributed by atoms with van der Waals surface area (Å²) in [6.45, 7) is 2.91. The van der Waals surface area contributed by atoms with E-state index >= 15 is 0 Å². The highest BCUT2D eigenvalue weighted by Gasteiger charge is 2.24. The van der Waals surface area contributed by atoms with Gasteiger partial charge in [-0.1, -0.05) is 18.2 Å². The average Bonchev–Trinajstić information content (AvgIpc) is 2.80. The maximum atomic E-state index is 9.90. The number of likely N-dealkylation sites (tertiary alicyclic amines) is 1. The smallest absolute Gasteiger partial charge is 0.120 e. The van der Waals surface area contributed by atoms with Gasteiger partial charge in [0, 0.05) is 11.6 Å². The fraction of sp³-hybridized carbons (Fsp3) is 0.538. The standard InChI is InChI=1S/C13H20N2O/c14-8-7-12(15-9-3-4-10-15)11-5-1-2-6-13(11)16/h1-2,5-6,12,16H,3-4,7-10,14H2. The van der Waals surface area contributed by atoms with Gasteiger partial charge in [0.1, 0.15) is 5.75 Å². The van der Waals surface area contributed by atoms with Gasteiger partial charge in [-0.15, -0.1) is 0 Å². The number of hydrogen-bond acceptors (Lipinski definition) is 3. The van der Waals surface area contributed by atoms with Gasteiger partial charge < -0.3 is 10.8 Å². The summed E-state index contributed by atoms with van der Waals surface area (Å²) in [6, 6.07) is 7.90. The van der Waals surface area contributed by atoms with Crippen LogP contribution in [0.1, 0.15) is 30.9 Å². The third-order valence-electron chi connectivity index (χ3n) is 3.32. The molecule has 1 unspecified atom stereocenters. The third kappa shape index (κ3) is 2.36. The lowest BCUT2D eigenvalue weighted by atomic mass is 10.0. The van der Waals surface area contributed by atoms with Gasteiger partial charge >= 0.3 is 0 Å². The third-order valence-corrected chi connectivity index (χ3v) is 3.32. The average molecular weight is 220 g/mol. The molecular formula is C13H20N2O. The summed E-state index contributed by atoms with van der Waals surface area (Å²) < 4.78 is 0. The van der Waals surface area contributed by atoms with Gasteiger partial charge in [-0.25, -0.2) is 0 Å². The van der Waals surface area contributed by atoms with Crippen LogP contribution >= 0.6 is 0 Å². The van der Waals surface area contributed by atoms with E-state index in [-0.39, 0.29) is 6.04 Å². The van der Waals surface area contributed by atoms with Crippen LogP contribution in [0.5, 0.6) is 5.75 Å². The molecule has 1 aromatic carbocycles. The van der Waals surface area contributed by atoms with E-state index in [1.807, 2.05) is 18.2 Å². The first-order valence-corrected chi connectivity index (χ1v) is 6.05. The van der Waals surface area contributed by atoms with Crippen LogP contribution in [0.25, 0.3) is 0 Å². The second-order valence-electron chi connectivity index (χ2n) is 4.40. The van der Waals surface area contributed by atoms with Gasteiger partial charge in [0.05, 0.1) is 0 Å². The number of nitrogens with two attached hydrogens (primary N) is 1. The summed E-state index contributed by atoms with van der Waals surface area (Å²) in [4.78, 5) is 2.43. The quantitative estimate of drug-likeness (QED) is 0.814. The Bertz CT molecular complexity index is 334. The predicted octanol–water partition coefficient (Wildman–Crippen LogP) is 1.88. The van der Waals surface area contributed by atoms with Crippen LogP contribution in [-0.2, 0) is 0 Å². The fourth-order valence-corrected chi connectivity index (χ4v) is 2.52. The molecule has 1 fully saturated rings. The van der Waals surface area contributed by atoms with E-state index in [1.165, 1.54) is 12.8 Å². The zero-order chi connectivity index (χ0) is 11.4. The lowest BCUT2D eigenvalue weighted by molar-refractivity contribution is 0.231. The molecule has 0 aliphatic carbocycles. The molecule has 16 heavy (non-hydrogen) atoms. The van der Waals surface area contributed by atoms with Crippen molar-refractivity contribution in [3.8, 4) is 5.75 Å². The van der Waals surface area contributed by atoms with Gasteiger partial charge in [-0.05, 0) is 45.0 Å². The molecule has 1 aliphatic rings. The molecule has 2 rings (SSSR count). The first kappa shape index (κ1) is 11.4. The molecule has 0 radical (unpaired) electrons. The topological polar surface area (TPSA) is 49.5 Å². The fourth-order valence-electron chi connectivity index (χ4n) is 2.52.